The number of nitrogens with one attached hydrogen (secondary N) is 1. The summed E-state index contributed by atoms with van der Waals surface area (Å²) in [6, 6.07) is 7.45. The van der Waals surface area contributed by atoms with E-state index in [0.717, 1.165) is 11.1 Å². The minimum atomic E-state index is 0.426. The van der Waals surface area contributed by atoms with E-state index in [4.69, 9.17) is 11.6 Å². The van der Waals surface area contributed by atoms with Gasteiger partial charge in [-0.2, -0.15) is 0 Å². The van der Waals surface area contributed by atoms with E-state index in [1.807, 2.05) is 24.3 Å². The van der Waals surface area contributed by atoms with E-state index in [1.165, 1.54) is 0 Å². The van der Waals surface area contributed by atoms with Crippen LogP contribution in [0, 0.1) is 12.3 Å². The minimum Gasteiger partial charge on any atom is -0.316 e. The molecule has 11 heavy (non-hydrogen) atoms. The van der Waals surface area contributed by atoms with Crippen molar-refractivity contribution < 1.29 is 5.21 Å². The summed E-state index contributed by atoms with van der Waals surface area (Å²) in [5, 5.41) is 8.38. The van der Waals surface area contributed by atoms with Crippen molar-refractivity contribution in [3.63, 3.8) is 0 Å². The van der Waals surface area contributed by atoms with Crippen molar-refractivity contribution in [2.75, 3.05) is 0 Å². The topological polar surface area (TPSA) is 32.3 Å². The van der Waals surface area contributed by atoms with Gasteiger partial charge in [0.1, 0.15) is 0 Å². The summed E-state index contributed by atoms with van der Waals surface area (Å²) in [6.07, 6.45) is 5.18. The fraction of sp³-hybridized carbons (Fsp3) is 0.111. The van der Waals surface area contributed by atoms with Gasteiger partial charge in [0.25, 0.3) is 0 Å². The molecular formula is C9H9NO. The third-order valence-electron chi connectivity index (χ3n) is 1.38. The standard InChI is InChI=1S/C9H9NO/c1-2-8-4-3-5-9(6-8)7-10-11/h1,3-6,10-11H,7H2. The van der Waals surface area contributed by atoms with E-state index in [9.17, 15) is 0 Å². The van der Waals surface area contributed by atoms with Gasteiger partial charge in [0, 0.05) is 12.1 Å². The lowest BCUT2D eigenvalue weighted by molar-refractivity contribution is 0.161. The second-order valence-corrected chi connectivity index (χ2v) is 2.18. The van der Waals surface area contributed by atoms with Crippen LogP contribution >= 0.6 is 0 Å². The first-order valence-corrected chi connectivity index (χ1v) is 3.29. The Balaban J connectivity index is 2.85. The number of hydroxylamine groups is 1. The van der Waals surface area contributed by atoms with Crippen molar-refractivity contribution in [2.24, 2.45) is 0 Å². The van der Waals surface area contributed by atoms with Crippen LogP contribution < -0.4 is 5.48 Å². The van der Waals surface area contributed by atoms with Gasteiger partial charge in [0.15, 0.2) is 0 Å². The van der Waals surface area contributed by atoms with Crippen molar-refractivity contribution in [1.29, 1.82) is 0 Å². The van der Waals surface area contributed by atoms with Crippen LogP contribution in [0.1, 0.15) is 11.1 Å². The van der Waals surface area contributed by atoms with Crippen LogP contribution in [-0.4, -0.2) is 5.21 Å². The first-order valence-electron chi connectivity index (χ1n) is 3.29. The summed E-state index contributed by atoms with van der Waals surface area (Å²) in [5.41, 5.74) is 3.87. The van der Waals surface area contributed by atoms with Crippen molar-refractivity contribution in [3.05, 3.63) is 35.4 Å². The van der Waals surface area contributed by atoms with Crippen LogP contribution in [0.2, 0.25) is 0 Å². The number of rotatable bonds is 2. The molecule has 2 heteroatoms. The normalized spacial score (nSPS) is 9.09. The molecule has 0 atom stereocenters. The van der Waals surface area contributed by atoms with Gasteiger partial charge >= 0.3 is 0 Å². The Labute approximate surface area is 65.8 Å². The maximum Gasteiger partial charge on any atom is 0.0458 e. The summed E-state index contributed by atoms with van der Waals surface area (Å²) < 4.78 is 0. The van der Waals surface area contributed by atoms with Crippen LogP contribution in [0.15, 0.2) is 24.3 Å². The van der Waals surface area contributed by atoms with Gasteiger partial charge in [-0.3, -0.25) is 0 Å². The van der Waals surface area contributed by atoms with Crippen molar-refractivity contribution in [3.8, 4) is 12.3 Å². The average molecular weight is 147 g/mol. The first kappa shape index (κ1) is 7.80. The molecule has 1 aromatic carbocycles. The second-order valence-electron chi connectivity index (χ2n) is 2.18. The fourth-order valence-electron chi connectivity index (χ4n) is 0.862. The highest BCUT2D eigenvalue weighted by molar-refractivity contribution is 5.35. The Morgan fingerprint density at radius 2 is 2.36 bits per heavy atom. The van der Waals surface area contributed by atoms with Gasteiger partial charge < -0.3 is 5.21 Å². The zero-order chi connectivity index (χ0) is 8.10. The summed E-state index contributed by atoms with van der Waals surface area (Å²) in [5.74, 6) is 2.52. The number of terminal acetylenes is 1. The lowest BCUT2D eigenvalue weighted by atomic mass is 10.1. The number of hydrogen-bond donors (Lipinski definition) is 2. The SMILES string of the molecule is C#Cc1cccc(CNO)c1. The maximum absolute atomic E-state index is 8.38. The Morgan fingerprint density at radius 1 is 1.55 bits per heavy atom. The molecule has 1 rings (SSSR count). The smallest absolute Gasteiger partial charge is 0.0458 e. The van der Waals surface area contributed by atoms with Crippen LogP contribution in [-0.2, 0) is 6.54 Å². The monoisotopic (exact) mass is 147 g/mol. The fourth-order valence-corrected chi connectivity index (χ4v) is 0.862. The molecule has 0 saturated carbocycles. The molecule has 56 valence electrons. The van der Waals surface area contributed by atoms with Crippen LogP contribution in [0.5, 0.6) is 0 Å². The molecule has 0 aliphatic rings. The largest absolute Gasteiger partial charge is 0.316 e. The van der Waals surface area contributed by atoms with Crippen LogP contribution in [0.25, 0.3) is 0 Å². The highest BCUT2D eigenvalue weighted by atomic mass is 16.5. The number of benzene rings is 1. The summed E-state index contributed by atoms with van der Waals surface area (Å²) in [6.45, 7) is 0.426. The lowest BCUT2D eigenvalue weighted by Gasteiger charge is -1.98. The molecule has 0 aliphatic heterocycles. The van der Waals surface area contributed by atoms with Crippen LogP contribution in [0.4, 0.5) is 0 Å². The Bertz CT molecular complexity index is 275. The molecule has 0 heterocycles. The molecule has 0 spiro atoms. The molecule has 0 bridgehead atoms. The third kappa shape index (κ3) is 2.08. The van der Waals surface area contributed by atoms with Gasteiger partial charge in [0.2, 0.25) is 0 Å². The van der Waals surface area contributed by atoms with Crippen molar-refractivity contribution in [1.82, 2.24) is 5.48 Å². The maximum atomic E-state index is 8.38. The van der Waals surface area contributed by atoms with Gasteiger partial charge in [0.05, 0.1) is 0 Å². The van der Waals surface area contributed by atoms with Crippen molar-refractivity contribution >= 4 is 0 Å². The van der Waals surface area contributed by atoms with Gasteiger partial charge in [-0.1, -0.05) is 18.1 Å². The average Bonchev–Trinajstić information content (AvgIpc) is 2.06. The highest BCUT2D eigenvalue weighted by Crippen LogP contribution is 2.02. The highest BCUT2D eigenvalue weighted by Gasteiger charge is 1.90. The minimum absolute atomic E-state index is 0.426. The lowest BCUT2D eigenvalue weighted by Crippen LogP contribution is -2.05. The molecule has 0 fully saturated rings. The molecule has 0 saturated heterocycles. The summed E-state index contributed by atoms with van der Waals surface area (Å²) in [7, 11) is 0. The number of hydrogen-bond acceptors (Lipinski definition) is 2. The molecule has 1 aromatic rings. The Hall–Kier alpha value is -1.30. The predicted molar refractivity (Wildman–Crippen MR) is 43.0 cm³/mol. The first-order chi connectivity index (χ1) is 5.36. The van der Waals surface area contributed by atoms with Gasteiger partial charge in [-0.15, -0.1) is 6.42 Å². The predicted octanol–water partition coefficient (Wildman–Crippen LogP) is 1.15. The zero-order valence-corrected chi connectivity index (χ0v) is 6.04. The zero-order valence-electron chi connectivity index (χ0n) is 6.04. The van der Waals surface area contributed by atoms with E-state index in [1.54, 1.807) is 0 Å². The van der Waals surface area contributed by atoms with E-state index in [-0.39, 0.29) is 0 Å². The molecule has 0 radical (unpaired) electrons. The van der Waals surface area contributed by atoms with Crippen LogP contribution in [0.3, 0.4) is 0 Å². The van der Waals surface area contributed by atoms with E-state index in [0.29, 0.717) is 6.54 Å². The Morgan fingerprint density at radius 3 is 3.00 bits per heavy atom. The quantitative estimate of drug-likeness (QED) is 0.485. The summed E-state index contributed by atoms with van der Waals surface area (Å²) in [4.78, 5) is 0. The van der Waals surface area contributed by atoms with Gasteiger partial charge in [-0.05, 0) is 17.7 Å². The van der Waals surface area contributed by atoms with Gasteiger partial charge in [-0.25, -0.2) is 5.48 Å². The van der Waals surface area contributed by atoms with E-state index in [2.05, 4.69) is 11.4 Å². The third-order valence-corrected chi connectivity index (χ3v) is 1.38. The van der Waals surface area contributed by atoms with E-state index < -0.39 is 0 Å². The molecular weight excluding hydrogens is 138 g/mol. The molecule has 0 aromatic heterocycles. The Kier molecular flexibility index (Phi) is 2.67. The molecule has 0 aliphatic carbocycles. The van der Waals surface area contributed by atoms with E-state index >= 15 is 0 Å². The molecule has 2 N–H and O–H groups in total. The molecule has 0 unspecified atom stereocenters. The molecule has 0 amide bonds. The molecule has 2 nitrogen and oxygen atoms in total. The van der Waals surface area contributed by atoms with Crippen molar-refractivity contribution in [2.45, 2.75) is 6.54 Å². The summed E-state index contributed by atoms with van der Waals surface area (Å²) >= 11 is 0. The second kappa shape index (κ2) is 3.77.